The minimum absolute atomic E-state index is 0.187. The molecule has 0 atom stereocenters. The highest BCUT2D eigenvalue weighted by atomic mass is 16.7. The molecule has 1 aromatic heterocycles. The van der Waals surface area contributed by atoms with Crippen molar-refractivity contribution in [1.29, 1.82) is 0 Å². The van der Waals surface area contributed by atoms with Crippen LogP contribution in [0.4, 0.5) is 5.69 Å². The van der Waals surface area contributed by atoms with Crippen molar-refractivity contribution in [3.8, 4) is 5.75 Å². The van der Waals surface area contributed by atoms with Crippen LogP contribution in [0.1, 0.15) is 51.5 Å². The monoisotopic (exact) mass is 548 g/mol. The van der Waals surface area contributed by atoms with E-state index in [2.05, 4.69) is 68.7 Å². The quantitative estimate of drug-likeness (QED) is 0.230. The number of aryl methyl sites for hydroxylation is 1. The summed E-state index contributed by atoms with van der Waals surface area (Å²) in [6.07, 6.45) is 3.35. The van der Waals surface area contributed by atoms with Crippen molar-refractivity contribution in [2.75, 3.05) is 38.4 Å². The summed E-state index contributed by atoms with van der Waals surface area (Å²) < 4.78 is 10.3. The number of nitrogens with one attached hydrogen (secondary N) is 1. The van der Waals surface area contributed by atoms with Gasteiger partial charge in [0.1, 0.15) is 19.2 Å². The molecule has 0 bridgehead atoms. The highest BCUT2D eigenvalue weighted by Crippen LogP contribution is 2.27. The number of carbonyl (C=O) groups is 2. The van der Waals surface area contributed by atoms with Crippen LogP contribution >= 0.6 is 0 Å². The van der Waals surface area contributed by atoms with Crippen molar-refractivity contribution in [2.45, 2.75) is 39.2 Å². The smallest absolute Gasteiger partial charge is 0.322 e. The van der Waals surface area contributed by atoms with Gasteiger partial charge in [-0.1, -0.05) is 36.4 Å². The Morgan fingerprint density at radius 1 is 1.00 bits per heavy atom. The second kappa shape index (κ2) is 13.9. The Kier molecular flexibility index (Phi) is 10.0. The topological polar surface area (TPSA) is 134 Å². The van der Waals surface area contributed by atoms with Crippen LogP contribution in [0.15, 0.2) is 48.5 Å². The molecule has 40 heavy (non-hydrogen) atoms. The normalized spacial score (nSPS) is 13.8. The van der Waals surface area contributed by atoms with Crippen LogP contribution in [0.25, 0.3) is 0 Å². The van der Waals surface area contributed by atoms with Gasteiger partial charge in [-0.15, -0.1) is 0 Å². The number of nitrogens with zero attached hydrogens (tertiary/aromatic N) is 3. The average Bonchev–Trinajstić information content (AvgIpc) is 2.95. The number of aromatic nitrogens is 2. The lowest BCUT2D eigenvalue weighted by molar-refractivity contribution is -0.135. The van der Waals surface area contributed by atoms with Gasteiger partial charge in [0, 0.05) is 32.3 Å². The molecule has 1 amide bonds. The molecule has 0 saturated carbocycles. The first-order valence-corrected chi connectivity index (χ1v) is 13.4. The second-order valence-corrected chi connectivity index (χ2v) is 10.0. The van der Waals surface area contributed by atoms with E-state index in [-0.39, 0.29) is 18.2 Å². The third-order valence-corrected chi connectivity index (χ3v) is 7.01. The molecule has 2 heterocycles. The molecule has 4 rings (SSSR count). The van der Waals surface area contributed by atoms with Crippen LogP contribution in [0, 0.1) is 12.8 Å². The minimum Gasteiger partial charge on any atom is -0.504 e. The predicted octanol–water partition coefficient (Wildman–Crippen LogP) is 3.48. The summed E-state index contributed by atoms with van der Waals surface area (Å²) in [7, 11) is 1.61. The zero-order chi connectivity index (χ0) is 28.5. The number of carboxylic acids is 1. The van der Waals surface area contributed by atoms with Crippen molar-refractivity contribution in [3.63, 3.8) is 0 Å². The van der Waals surface area contributed by atoms with Crippen LogP contribution in [0.5, 0.6) is 5.75 Å². The molecule has 0 unspecified atom stereocenters. The molecule has 10 heteroatoms. The number of piperidine rings is 1. The molecule has 3 N–H and O–H groups in total. The number of anilines is 1. The molecule has 0 radical (unpaired) electrons. The molecule has 212 valence electrons. The second-order valence-electron chi connectivity index (χ2n) is 10.0. The molecule has 3 aromatic rings. The van der Waals surface area contributed by atoms with Crippen LogP contribution < -0.4 is 10.2 Å². The highest BCUT2D eigenvalue weighted by Gasteiger charge is 2.23. The molecule has 0 aliphatic carbocycles. The van der Waals surface area contributed by atoms with Crippen LogP contribution in [0.3, 0.4) is 0 Å². The number of hydrogen-bond donors (Lipinski definition) is 3. The van der Waals surface area contributed by atoms with Crippen molar-refractivity contribution in [1.82, 2.24) is 15.3 Å². The molecular weight excluding hydrogens is 512 g/mol. The fourth-order valence-corrected chi connectivity index (χ4v) is 4.82. The first-order valence-electron chi connectivity index (χ1n) is 13.4. The van der Waals surface area contributed by atoms with Crippen molar-refractivity contribution >= 4 is 17.6 Å². The largest absolute Gasteiger partial charge is 0.504 e. The lowest BCUT2D eigenvalue weighted by Gasteiger charge is -2.33. The predicted molar refractivity (Wildman–Crippen MR) is 149 cm³/mol. The molecule has 1 saturated heterocycles. The standard InChI is InChI=1S/C30H36N4O6/c1-20-29(37)28(30(38)31-17-27(35)36)33-26(32-20)16-23-11-13-34(14-12-23)25-9-7-22(8-10-25)15-21-3-5-24(6-4-21)18-40-19-39-2/h3-10,23,37H,11-19H2,1-2H3,(H,31,38)(H,35,36). The van der Waals surface area contributed by atoms with Gasteiger partial charge in [0.05, 0.1) is 12.3 Å². The fourth-order valence-electron chi connectivity index (χ4n) is 4.82. The van der Waals surface area contributed by atoms with Gasteiger partial charge < -0.3 is 29.9 Å². The molecule has 2 aromatic carbocycles. The van der Waals surface area contributed by atoms with Gasteiger partial charge in [-0.3, -0.25) is 9.59 Å². The summed E-state index contributed by atoms with van der Waals surface area (Å²) in [5.74, 6) is -1.40. The van der Waals surface area contributed by atoms with E-state index in [4.69, 9.17) is 14.6 Å². The average molecular weight is 549 g/mol. The van der Waals surface area contributed by atoms with E-state index in [1.54, 1.807) is 14.0 Å². The van der Waals surface area contributed by atoms with Crippen molar-refractivity contribution in [2.24, 2.45) is 5.92 Å². The van der Waals surface area contributed by atoms with Gasteiger partial charge in [-0.25, -0.2) is 9.97 Å². The number of hydrogen-bond acceptors (Lipinski definition) is 8. The van der Waals surface area contributed by atoms with Crippen LogP contribution in [0.2, 0.25) is 0 Å². The fraction of sp³-hybridized carbons (Fsp3) is 0.400. The van der Waals surface area contributed by atoms with E-state index < -0.39 is 18.4 Å². The van der Waals surface area contributed by atoms with E-state index in [0.29, 0.717) is 30.5 Å². The molecule has 1 aliphatic rings. The first kappa shape index (κ1) is 29.0. The summed E-state index contributed by atoms with van der Waals surface area (Å²) >= 11 is 0. The molecule has 1 fully saturated rings. The third kappa shape index (κ3) is 8.00. The van der Waals surface area contributed by atoms with Gasteiger partial charge in [0.25, 0.3) is 5.91 Å². The summed E-state index contributed by atoms with van der Waals surface area (Å²) in [6.45, 7) is 3.69. The van der Waals surface area contributed by atoms with Gasteiger partial charge in [0.2, 0.25) is 0 Å². The Balaban J connectivity index is 1.28. The number of ether oxygens (including phenoxy) is 2. The number of carboxylic acid groups (broad SMARTS) is 1. The van der Waals surface area contributed by atoms with E-state index in [1.165, 1.54) is 16.8 Å². The number of benzene rings is 2. The molecular formula is C30H36N4O6. The Labute approximate surface area is 234 Å². The Bertz CT molecular complexity index is 1290. The number of methoxy groups -OCH3 is 1. The molecule has 10 nitrogen and oxygen atoms in total. The van der Waals surface area contributed by atoms with Crippen molar-refractivity contribution < 1.29 is 29.3 Å². The maximum absolute atomic E-state index is 12.3. The first-order chi connectivity index (χ1) is 19.3. The summed E-state index contributed by atoms with van der Waals surface area (Å²) in [4.78, 5) is 34.1. The van der Waals surface area contributed by atoms with E-state index in [1.807, 2.05) is 0 Å². The number of rotatable bonds is 12. The van der Waals surface area contributed by atoms with Crippen molar-refractivity contribution in [3.05, 3.63) is 82.4 Å². The van der Waals surface area contributed by atoms with Gasteiger partial charge in [-0.2, -0.15) is 0 Å². The van der Waals surface area contributed by atoms with Gasteiger partial charge >= 0.3 is 5.97 Å². The zero-order valence-electron chi connectivity index (χ0n) is 22.9. The third-order valence-electron chi connectivity index (χ3n) is 7.01. The highest BCUT2D eigenvalue weighted by molar-refractivity contribution is 5.96. The Hall–Kier alpha value is -4.02. The number of aliphatic carboxylic acids is 1. The maximum Gasteiger partial charge on any atom is 0.322 e. The van der Waals surface area contributed by atoms with Crippen LogP contribution in [-0.4, -0.2) is 65.6 Å². The van der Waals surface area contributed by atoms with Gasteiger partial charge in [0.15, 0.2) is 11.4 Å². The lowest BCUT2D eigenvalue weighted by Crippen LogP contribution is -2.34. The lowest BCUT2D eigenvalue weighted by atomic mass is 9.92. The number of amides is 1. The SMILES string of the molecule is COCOCc1ccc(Cc2ccc(N3CCC(Cc4nc(C)c(O)c(C(=O)NCC(=O)O)n4)CC3)cc2)cc1. The van der Waals surface area contributed by atoms with E-state index in [9.17, 15) is 14.7 Å². The Morgan fingerprint density at radius 3 is 2.25 bits per heavy atom. The molecule has 1 aliphatic heterocycles. The minimum atomic E-state index is -1.17. The van der Waals surface area contributed by atoms with E-state index in [0.717, 1.165) is 37.9 Å². The summed E-state index contributed by atoms with van der Waals surface area (Å²) in [6, 6.07) is 17.2. The zero-order valence-corrected chi connectivity index (χ0v) is 22.9. The number of aromatic hydroxyl groups is 1. The van der Waals surface area contributed by atoms with Crippen LogP contribution in [-0.2, 0) is 33.7 Å². The van der Waals surface area contributed by atoms with E-state index >= 15 is 0 Å². The Morgan fingerprint density at radius 2 is 1.62 bits per heavy atom. The summed E-state index contributed by atoms with van der Waals surface area (Å²) in [5.41, 5.74) is 4.93. The van der Waals surface area contributed by atoms with Gasteiger partial charge in [-0.05, 0) is 60.9 Å². The summed E-state index contributed by atoms with van der Waals surface area (Å²) in [5, 5.41) is 21.3. The number of carbonyl (C=O) groups excluding carboxylic acids is 1. The maximum atomic E-state index is 12.3. The molecule has 0 spiro atoms.